The molecule has 0 unspecified atom stereocenters. The van der Waals surface area contributed by atoms with E-state index < -0.39 is 5.97 Å². The van der Waals surface area contributed by atoms with E-state index in [0.29, 0.717) is 27.7 Å². The van der Waals surface area contributed by atoms with Crippen molar-refractivity contribution in [2.45, 2.75) is 6.42 Å². The molecule has 30 heavy (non-hydrogen) atoms. The average Bonchev–Trinajstić information content (AvgIpc) is 3.05. The Morgan fingerprint density at radius 1 is 1.20 bits per heavy atom. The molecule has 156 valence electrons. The summed E-state index contributed by atoms with van der Waals surface area (Å²) in [7, 11) is 6.91. The van der Waals surface area contributed by atoms with Gasteiger partial charge in [0.2, 0.25) is 0 Å². The number of rotatable bonds is 6. The van der Waals surface area contributed by atoms with Crippen molar-refractivity contribution in [3.63, 3.8) is 0 Å². The number of ether oxygens (including phenoxy) is 1. The van der Waals surface area contributed by atoms with Gasteiger partial charge in [0.05, 0.1) is 41.2 Å². The highest BCUT2D eigenvalue weighted by molar-refractivity contribution is 6.38. The molecule has 0 aliphatic carbocycles. The topological polar surface area (TPSA) is 74.2 Å². The number of carbonyl (C=O) groups is 2. The summed E-state index contributed by atoms with van der Waals surface area (Å²) in [5.74, 6) is -0.862. The number of anilines is 2. The maximum atomic E-state index is 13.4. The van der Waals surface area contributed by atoms with Crippen molar-refractivity contribution in [1.29, 1.82) is 0 Å². The molecule has 0 aromatic heterocycles. The summed E-state index contributed by atoms with van der Waals surface area (Å²) in [6.45, 7) is 0. The van der Waals surface area contributed by atoms with Gasteiger partial charge >= 0.3 is 5.97 Å². The predicted molar refractivity (Wildman–Crippen MR) is 120 cm³/mol. The molecule has 1 aliphatic heterocycles. The third kappa shape index (κ3) is 4.16. The van der Waals surface area contributed by atoms with E-state index in [0.717, 1.165) is 11.3 Å². The van der Waals surface area contributed by atoms with E-state index in [1.807, 2.05) is 43.3 Å². The van der Waals surface area contributed by atoms with Gasteiger partial charge in [-0.25, -0.2) is 0 Å². The number of nitrogens with one attached hydrogen (secondary N) is 1. The van der Waals surface area contributed by atoms with Gasteiger partial charge in [-0.05, 0) is 24.3 Å². The van der Waals surface area contributed by atoms with E-state index >= 15 is 0 Å². The first kappa shape index (κ1) is 21.4. The predicted octanol–water partition coefficient (Wildman–Crippen LogP) is 3.30. The van der Waals surface area contributed by atoms with Gasteiger partial charge in [-0.2, -0.15) is 10.1 Å². The SMILES string of the molecule is CNC(=C1C(=O)N(c2ccccc2Cl)N=C1CC(=O)OC)c1cccc(N(C)C)c1. The number of nitrogens with zero attached hydrogens (tertiary/aromatic N) is 3. The first-order valence-electron chi connectivity index (χ1n) is 9.30. The Morgan fingerprint density at radius 2 is 1.93 bits per heavy atom. The van der Waals surface area contributed by atoms with Crippen LogP contribution in [0.15, 0.2) is 59.2 Å². The van der Waals surface area contributed by atoms with Gasteiger partial charge in [0.1, 0.15) is 0 Å². The fourth-order valence-electron chi connectivity index (χ4n) is 3.17. The zero-order chi connectivity index (χ0) is 21.8. The average molecular weight is 427 g/mol. The van der Waals surface area contributed by atoms with Crippen LogP contribution in [-0.2, 0) is 14.3 Å². The third-order valence-electron chi connectivity index (χ3n) is 4.69. The number of hydrazone groups is 1. The second kappa shape index (κ2) is 9.00. The van der Waals surface area contributed by atoms with Crippen LogP contribution >= 0.6 is 11.6 Å². The molecule has 0 fully saturated rings. The summed E-state index contributed by atoms with van der Waals surface area (Å²) in [5.41, 5.74) is 3.40. The minimum Gasteiger partial charge on any atom is -0.469 e. The fourth-order valence-corrected chi connectivity index (χ4v) is 3.39. The number of para-hydroxylation sites is 1. The normalized spacial score (nSPS) is 15.0. The molecule has 1 aliphatic rings. The number of esters is 1. The highest BCUT2D eigenvalue weighted by Gasteiger charge is 2.36. The van der Waals surface area contributed by atoms with Crippen LogP contribution in [0.5, 0.6) is 0 Å². The first-order chi connectivity index (χ1) is 14.4. The fraction of sp³-hybridized carbons (Fsp3) is 0.227. The Kier molecular flexibility index (Phi) is 6.42. The Labute approximate surface area is 180 Å². The molecule has 0 bridgehead atoms. The molecule has 0 spiro atoms. The van der Waals surface area contributed by atoms with Crippen LogP contribution in [0.25, 0.3) is 5.70 Å². The number of methoxy groups -OCH3 is 1. The summed E-state index contributed by atoms with van der Waals surface area (Å²) in [6, 6.07) is 14.7. The second-order valence-corrected chi connectivity index (χ2v) is 7.22. The Balaban J connectivity index is 2.17. The lowest BCUT2D eigenvalue weighted by Crippen LogP contribution is -2.25. The van der Waals surface area contributed by atoms with E-state index in [9.17, 15) is 9.59 Å². The van der Waals surface area contributed by atoms with Crippen LogP contribution in [0.4, 0.5) is 11.4 Å². The van der Waals surface area contributed by atoms with Crippen LogP contribution in [0.3, 0.4) is 0 Å². The highest BCUT2D eigenvalue weighted by Crippen LogP contribution is 2.33. The summed E-state index contributed by atoms with van der Waals surface area (Å²) in [6.07, 6.45) is -0.142. The maximum absolute atomic E-state index is 13.4. The standard InChI is InChI=1S/C22H23ClN4O3/c1-24-21(14-8-7-9-15(12-14)26(2)3)20-17(13-19(28)30-4)25-27(22(20)29)18-11-6-5-10-16(18)23/h5-12,24H,13H2,1-4H3. The molecule has 0 atom stereocenters. The zero-order valence-electron chi connectivity index (χ0n) is 17.3. The molecule has 1 N–H and O–H groups in total. The van der Waals surface area contributed by atoms with Crippen molar-refractivity contribution < 1.29 is 14.3 Å². The van der Waals surface area contributed by atoms with Crippen LogP contribution in [0.1, 0.15) is 12.0 Å². The summed E-state index contributed by atoms with van der Waals surface area (Å²) in [5, 5.41) is 9.15. The molecule has 0 saturated carbocycles. The molecule has 1 heterocycles. The van der Waals surface area contributed by atoms with E-state index in [-0.39, 0.29) is 12.3 Å². The Hall–Kier alpha value is -3.32. The van der Waals surface area contributed by atoms with Crippen molar-refractivity contribution in [1.82, 2.24) is 5.32 Å². The van der Waals surface area contributed by atoms with Gasteiger partial charge < -0.3 is 15.0 Å². The summed E-state index contributed by atoms with van der Waals surface area (Å²) in [4.78, 5) is 27.4. The van der Waals surface area contributed by atoms with E-state index in [2.05, 4.69) is 10.4 Å². The number of hydrogen-bond acceptors (Lipinski definition) is 6. The maximum Gasteiger partial charge on any atom is 0.311 e. The molecular weight excluding hydrogens is 404 g/mol. The second-order valence-electron chi connectivity index (χ2n) is 6.81. The van der Waals surface area contributed by atoms with Crippen molar-refractivity contribution >= 4 is 46.3 Å². The number of benzene rings is 2. The molecule has 2 aromatic rings. The Bertz CT molecular complexity index is 1050. The minimum absolute atomic E-state index is 0.142. The molecule has 7 nitrogen and oxygen atoms in total. The first-order valence-corrected chi connectivity index (χ1v) is 9.68. The molecule has 2 aromatic carbocycles. The minimum atomic E-state index is -0.488. The molecule has 3 rings (SSSR count). The molecular formula is C22H23ClN4O3. The van der Waals surface area contributed by atoms with Gasteiger partial charge in [0.25, 0.3) is 5.91 Å². The molecule has 0 saturated heterocycles. The Morgan fingerprint density at radius 3 is 2.57 bits per heavy atom. The smallest absolute Gasteiger partial charge is 0.311 e. The number of halogens is 1. The highest BCUT2D eigenvalue weighted by atomic mass is 35.5. The van der Waals surface area contributed by atoms with Gasteiger partial charge in [0, 0.05) is 32.4 Å². The van der Waals surface area contributed by atoms with Crippen LogP contribution in [0, 0.1) is 0 Å². The number of hydrogen-bond donors (Lipinski definition) is 1. The van der Waals surface area contributed by atoms with Gasteiger partial charge in [0.15, 0.2) is 0 Å². The zero-order valence-corrected chi connectivity index (χ0v) is 18.0. The van der Waals surface area contributed by atoms with Crippen LogP contribution in [0.2, 0.25) is 5.02 Å². The van der Waals surface area contributed by atoms with E-state index in [4.69, 9.17) is 16.3 Å². The van der Waals surface area contributed by atoms with Gasteiger partial charge in [-0.15, -0.1) is 0 Å². The van der Waals surface area contributed by atoms with E-state index in [1.165, 1.54) is 12.1 Å². The lowest BCUT2D eigenvalue weighted by Gasteiger charge is -2.17. The van der Waals surface area contributed by atoms with Crippen molar-refractivity contribution in [3.8, 4) is 0 Å². The van der Waals surface area contributed by atoms with Crippen LogP contribution in [-0.4, -0.2) is 45.8 Å². The van der Waals surface area contributed by atoms with Gasteiger partial charge in [-0.1, -0.05) is 35.9 Å². The molecule has 0 radical (unpaired) electrons. The molecule has 1 amide bonds. The number of amides is 1. The third-order valence-corrected chi connectivity index (χ3v) is 5.01. The monoisotopic (exact) mass is 426 g/mol. The quantitative estimate of drug-likeness (QED) is 0.566. The largest absolute Gasteiger partial charge is 0.469 e. The van der Waals surface area contributed by atoms with Crippen molar-refractivity contribution in [3.05, 3.63) is 64.7 Å². The summed E-state index contributed by atoms with van der Waals surface area (Å²) < 4.78 is 4.80. The van der Waals surface area contributed by atoms with Crippen molar-refractivity contribution in [2.75, 3.05) is 38.2 Å². The molecule has 8 heteroatoms. The number of carbonyl (C=O) groups excluding carboxylic acids is 2. The van der Waals surface area contributed by atoms with Gasteiger partial charge in [-0.3, -0.25) is 9.59 Å². The van der Waals surface area contributed by atoms with Crippen LogP contribution < -0.4 is 15.2 Å². The lowest BCUT2D eigenvalue weighted by molar-refractivity contribution is -0.139. The summed E-state index contributed by atoms with van der Waals surface area (Å²) >= 11 is 6.29. The van der Waals surface area contributed by atoms with Crippen molar-refractivity contribution in [2.24, 2.45) is 5.10 Å². The lowest BCUT2D eigenvalue weighted by atomic mass is 10.00. The van der Waals surface area contributed by atoms with E-state index in [1.54, 1.807) is 31.3 Å².